The van der Waals surface area contributed by atoms with Crippen molar-refractivity contribution in [3.63, 3.8) is 0 Å². The van der Waals surface area contributed by atoms with Crippen molar-refractivity contribution in [1.82, 2.24) is 9.78 Å². The standard InChI is InChI=1S/C8H11F3N2S.C7H16.C6H6O.C3H8.C3H4.C2H4O/c1-3-14-5-6-4-7(8(9,10)11)13(2)12-6;1-3-5-7-6-4-2;7-6-4-2-1-3-5-6;2*1-3-2;1-2-3/h4H,3,5H2,1-2H3;3-7H2,1-2H3;1-5,7H;3H2,1-2H3;1H,2H3;2H,1H3. The molecule has 1 heterocycles. The molecule has 0 radical (unpaired) electrons. The van der Waals surface area contributed by atoms with E-state index in [0.29, 0.717) is 17.2 Å². The molecule has 0 saturated carbocycles. The van der Waals surface area contributed by atoms with E-state index >= 15 is 0 Å². The number of carbonyl (C=O) groups excluding carboxylic acids is 1. The van der Waals surface area contributed by atoms with E-state index in [4.69, 9.17) is 9.90 Å². The normalized spacial score (nSPS) is 9.03. The van der Waals surface area contributed by atoms with E-state index < -0.39 is 11.9 Å². The summed E-state index contributed by atoms with van der Waals surface area (Å²) in [6.45, 7) is 13.8. The molecule has 214 valence electrons. The number of unbranched alkanes of at least 4 members (excludes halogenated alkanes) is 4. The van der Waals surface area contributed by atoms with E-state index in [0.717, 1.165) is 22.8 Å². The molecule has 1 aromatic carbocycles. The number of aromatic hydroxyl groups is 1. The summed E-state index contributed by atoms with van der Waals surface area (Å²) in [6, 6.07) is 9.81. The van der Waals surface area contributed by atoms with Gasteiger partial charge in [-0.05, 0) is 37.8 Å². The lowest BCUT2D eigenvalue weighted by Crippen LogP contribution is -2.11. The third-order valence-electron chi connectivity index (χ3n) is 3.64. The number of aldehydes is 1. The Morgan fingerprint density at radius 3 is 1.76 bits per heavy atom. The van der Waals surface area contributed by atoms with Crippen molar-refractivity contribution in [1.29, 1.82) is 0 Å². The minimum Gasteiger partial charge on any atom is -0.508 e. The van der Waals surface area contributed by atoms with Crippen LogP contribution in [-0.2, 0) is 23.8 Å². The maximum atomic E-state index is 12.3. The highest BCUT2D eigenvalue weighted by Gasteiger charge is 2.34. The molecule has 0 atom stereocenters. The molecule has 1 aromatic heterocycles. The number of nitrogens with zero attached hydrogens (tertiary/aromatic N) is 2. The zero-order valence-corrected chi connectivity index (χ0v) is 24.9. The summed E-state index contributed by atoms with van der Waals surface area (Å²) >= 11 is 1.55. The van der Waals surface area contributed by atoms with Gasteiger partial charge in [-0.3, -0.25) is 4.68 Å². The molecule has 2 aromatic rings. The lowest BCUT2D eigenvalue weighted by atomic mass is 10.2. The van der Waals surface area contributed by atoms with Crippen molar-refractivity contribution in [3.05, 3.63) is 47.8 Å². The fraction of sp³-hybridized carbons (Fsp3) is 0.586. The molecule has 0 aliphatic heterocycles. The number of para-hydroxylation sites is 1. The van der Waals surface area contributed by atoms with Crippen LogP contribution in [-0.4, -0.2) is 26.9 Å². The largest absolute Gasteiger partial charge is 0.508 e. The zero-order chi connectivity index (χ0) is 29.5. The van der Waals surface area contributed by atoms with Crippen molar-refractivity contribution in [2.75, 3.05) is 5.75 Å². The van der Waals surface area contributed by atoms with Crippen LogP contribution in [0, 0.1) is 12.3 Å². The Kier molecular flexibility index (Phi) is 35.7. The van der Waals surface area contributed by atoms with Crippen LogP contribution in [0.15, 0.2) is 36.4 Å². The van der Waals surface area contributed by atoms with E-state index in [1.807, 2.05) is 13.0 Å². The van der Waals surface area contributed by atoms with Gasteiger partial charge in [0.2, 0.25) is 0 Å². The molecule has 4 nitrogen and oxygen atoms in total. The number of rotatable bonds is 7. The van der Waals surface area contributed by atoms with Gasteiger partial charge in [0.25, 0.3) is 0 Å². The van der Waals surface area contributed by atoms with E-state index in [9.17, 15) is 13.2 Å². The number of alkyl halides is 3. The van der Waals surface area contributed by atoms with Gasteiger partial charge in [-0.15, -0.1) is 12.3 Å². The van der Waals surface area contributed by atoms with Gasteiger partial charge in [0.05, 0.1) is 5.69 Å². The van der Waals surface area contributed by atoms with Crippen LogP contribution in [0.2, 0.25) is 0 Å². The van der Waals surface area contributed by atoms with Crippen LogP contribution in [0.1, 0.15) is 98.4 Å². The second-order valence-electron chi connectivity index (χ2n) is 7.41. The molecule has 0 saturated heterocycles. The summed E-state index contributed by atoms with van der Waals surface area (Å²) in [6.07, 6.45) is 9.30. The van der Waals surface area contributed by atoms with Crippen LogP contribution in [0.3, 0.4) is 0 Å². The third-order valence-corrected chi connectivity index (χ3v) is 4.55. The number of terminal acetylenes is 1. The second-order valence-corrected chi connectivity index (χ2v) is 8.68. The van der Waals surface area contributed by atoms with Gasteiger partial charge in [0.15, 0.2) is 0 Å². The monoisotopic (exact) mass is 546 g/mol. The SMILES string of the molecule is C#CC.CC=O.CCC.CCCCCCC.CCSCc1cc(C(F)(F)F)n(C)n1.Oc1ccccc1. The molecule has 0 unspecified atom stereocenters. The Labute approximate surface area is 228 Å². The number of aromatic nitrogens is 2. The van der Waals surface area contributed by atoms with Gasteiger partial charge in [-0.25, -0.2) is 0 Å². The molecule has 0 aliphatic rings. The van der Waals surface area contributed by atoms with Crippen molar-refractivity contribution < 1.29 is 23.1 Å². The Balaban J connectivity index is -0.000000201. The highest BCUT2D eigenvalue weighted by atomic mass is 32.2. The summed E-state index contributed by atoms with van der Waals surface area (Å²) in [5.74, 6) is 3.97. The number of thioether (sulfide) groups is 1. The van der Waals surface area contributed by atoms with Crippen LogP contribution in [0.5, 0.6) is 5.75 Å². The highest BCUT2D eigenvalue weighted by molar-refractivity contribution is 7.98. The Hall–Kier alpha value is -2.40. The van der Waals surface area contributed by atoms with Crippen LogP contribution in [0.4, 0.5) is 13.2 Å². The van der Waals surface area contributed by atoms with Crippen LogP contribution in [0.25, 0.3) is 0 Å². The molecular formula is C29H49F3N2O2S. The van der Waals surface area contributed by atoms with Crippen molar-refractivity contribution in [2.24, 2.45) is 7.05 Å². The summed E-state index contributed by atoms with van der Waals surface area (Å²) in [5.41, 5.74) is -0.212. The number of benzene rings is 1. The predicted octanol–water partition coefficient (Wildman–Crippen LogP) is 9.32. The molecule has 0 spiro atoms. The Morgan fingerprint density at radius 1 is 1.05 bits per heavy atom. The molecule has 0 amide bonds. The van der Waals surface area contributed by atoms with E-state index in [1.165, 1.54) is 52.5 Å². The molecule has 1 N–H and O–H groups in total. The van der Waals surface area contributed by atoms with Gasteiger partial charge in [-0.1, -0.05) is 91.3 Å². The number of halogens is 3. The van der Waals surface area contributed by atoms with E-state index in [2.05, 4.69) is 45.1 Å². The molecule has 0 bridgehead atoms. The average Bonchev–Trinajstić information content (AvgIpc) is 3.22. The lowest BCUT2D eigenvalue weighted by Gasteiger charge is -2.04. The smallest absolute Gasteiger partial charge is 0.433 e. The average molecular weight is 547 g/mol. The Morgan fingerprint density at radius 2 is 1.49 bits per heavy atom. The minimum absolute atomic E-state index is 0.322. The molecule has 0 fully saturated rings. The second kappa shape index (κ2) is 31.6. The summed E-state index contributed by atoms with van der Waals surface area (Å²) in [4.78, 5) is 8.81. The summed E-state index contributed by atoms with van der Waals surface area (Å²) in [7, 11) is 1.31. The molecule has 0 aliphatic carbocycles. The van der Waals surface area contributed by atoms with E-state index in [1.54, 1.807) is 43.0 Å². The Bertz CT molecular complexity index is 755. The molecule has 8 heteroatoms. The minimum atomic E-state index is -4.31. The van der Waals surface area contributed by atoms with Gasteiger partial charge < -0.3 is 9.90 Å². The highest BCUT2D eigenvalue weighted by Crippen LogP contribution is 2.29. The van der Waals surface area contributed by atoms with Gasteiger partial charge in [-0.2, -0.15) is 30.0 Å². The maximum Gasteiger partial charge on any atom is 0.433 e. The third kappa shape index (κ3) is 33.6. The molecule has 37 heavy (non-hydrogen) atoms. The van der Waals surface area contributed by atoms with Gasteiger partial charge >= 0.3 is 6.18 Å². The topological polar surface area (TPSA) is 55.1 Å². The van der Waals surface area contributed by atoms with Crippen LogP contribution < -0.4 is 0 Å². The summed E-state index contributed by atoms with van der Waals surface area (Å²) in [5, 5.41) is 12.4. The molecular weight excluding hydrogens is 497 g/mol. The maximum absolute atomic E-state index is 12.3. The fourth-order valence-corrected chi connectivity index (χ4v) is 2.73. The van der Waals surface area contributed by atoms with Crippen LogP contribution >= 0.6 is 11.8 Å². The first kappa shape index (κ1) is 41.7. The number of hydrogen-bond acceptors (Lipinski definition) is 4. The summed E-state index contributed by atoms with van der Waals surface area (Å²) < 4.78 is 37.8. The zero-order valence-electron chi connectivity index (χ0n) is 24.1. The number of aryl methyl sites for hydroxylation is 1. The van der Waals surface area contributed by atoms with Gasteiger partial charge in [0, 0.05) is 12.8 Å². The fourth-order valence-electron chi connectivity index (χ4n) is 2.17. The number of phenols is 1. The first-order valence-electron chi connectivity index (χ1n) is 12.7. The number of phenolic OH excluding ortho intramolecular Hbond substituents is 1. The van der Waals surface area contributed by atoms with Crippen molar-refractivity contribution in [2.45, 2.75) is 98.9 Å². The number of hydrogen-bond donors (Lipinski definition) is 1. The van der Waals surface area contributed by atoms with Crippen molar-refractivity contribution >= 4 is 18.0 Å². The first-order chi connectivity index (χ1) is 17.5. The first-order valence-corrected chi connectivity index (χ1v) is 13.8. The predicted molar refractivity (Wildman–Crippen MR) is 155 cm³/mol. The van der Waals surface area contributed by atoms with E-state index in [-0.39, 0.29) is 0 Å². The van der Waals surface area contributed by atoms with Gasteiger partial charge in [0.1, 0.15) is 17.7 Å². The number of carbonyl (C=O) groups is 1. The molecule has 2 rings (SSSR count). The quantitative estimate of drug-likeness (QED) is 0.214. The lowest BCUT2D eigenvalue weighted by molar-refractivity contribution is -0.143. The van der Waals surface area contributed by atoms with Crippen molar-refractivity contribution in [3.8, 4) is 18.1 Å².